The average Bonchev–Trinajstić information content (AvgIpc) is 2.86. The molecule has 2 unspecified atom stereocenters. The van der Waals surface area contributed by atoms with Crippen molar-refractivity contribution in [1.82, 2.24) is 0 Å². The molecular weight excluding hydrogens is 234 g/mol. The van der Waals surface area contributed by atoms with E-state index in [4.69, 9.17) is 19.8 Å². The molecule has 2 atom stereocenters. The van der Waals surface area contributed by atoms with Crippen molar-refractivity contribution in [1.29, 1.82) is 5.26 Å². The van der Waals surface area contributed by atoms with Gasteiger partial charge in [-0.15, -0.1) is 0 Å². The van der Waals surface area contributed by atoms with Crippen LogP contribution in [0.2, 0.25) is 0 Å². The van der Waals surface area contributed by atoms with E-state index in [1.807, 2.05) is 6.07 Å². The first-order valence-electron chi connectivity index (χ1n) is 5.70. The highest BCUT2D eigenvalue weighted by atomic mass is 16.6. The van der Waals surface area contributed by atoms with E-state index in [9.17, 15) is 4.79 Å². The minimum Gasteiger partial charge on any atom is -0.491 e. The first-order valence-corrected chi connectivity index (χ1v) is 5.70. The maximum Gasteiger partial charge on any atom is 0.332 e. The SMILES string of the molecule is N#Cc1ccc(OCC2CCC(C(=O)O)O2)cc1. The Kier molecular flexibility index (Phi) is 3.80. The van der Waals surface area contributed by atoms with E-state index in [1.54, 1.807) is 24.3 Å². The van der Waals surface area contributed by atoms with E-state index < -0.39 is 12.1 Å². The Hall–Kier alpha value is -2.06. The van der Waals surface area contributed by atoms with Crippen LogP contribution in [0.25, 0.3) is 0 Å². The molecule has 1 aliphatic rings. The van der Waals surface area contributed by atoms with Gasteiger partial charge in [-0.2, -0.15) is 5.26 Å². The van der Waals surface area contributed by atoms with Gasteiger partial charge in [-0.05, 0) is 37.1 Å². The first-order chi connectivity index (χ1) is 8.69. The molecule has 1 saturated heterocycles. The molecule has 1 fully saturated rings. The maximum atomic E-state index is 10.7. The number of carbonyl (C=O) groups is 1. The fraction of sp³-hybridized carbons (Fsp3) is 0.385. The number of nitriles is 1. The summed E-state index contributed by atoms with van der Waals surface area (Å²) in [6.07, 6.45) is 0.325. The summed E-state index contributed by atoms with van der Waals surface area (Å²) in [6.45, 7) is 0.329. The third-order valence-corrected chi connectivity index (χ3v) is 2.80. The minimum absolute atomic E-state index is 0.179. The summed E-state index contributed by atoms with van der Waals surface area (Å²) < 4.78 is 10.8. The van der Waals surface area contributed by atoms with Gasteiger partial charge in [-0.25, -0.2) is 4.79 Å². The molecular formula is C13H13NO4. The summed E-state index contributed by atoms with van der Waals surface area (Å²) in [7, 11) is 0. The molecule has 1 aliphatic heterocycles. The number of nitrogens with zero attached hydrogens (tertiary/aromatic N) is 1. The number of hydrogen-bond acceptors (Lipinski definition) is 4. The van der Waals surface area contributed by atoms with Gasteiger partial charge in [-0.1, -0.05) is 0 Å². The van der Waals surface area contributed by atoms with Gasteiger partial charge in [0, 0.05) is 0 Å². The molecule has 2 rings (SSSR count). The largest absolute Gasteiger partial charge is 0.491 e. The van der Waals surface area contributed by atoms with E-state index in [0.717, 1.165) is 0 Å². The molecule has 1 N–H and O–H groups in total. The fourth-order valence-corrected chi connectivity index (χ4v) is 1.82. The van der Waals surface area contributed by atoms with Crippen LogP contribution in [0.15, 0.2) is 24.3 Å². The Balaban J connectivity index is 1.82. The second-order valence-electron chi connectivity index (χ2n) is 4.11. The predicted molar refractivity (Wildman–Crippen MR) is 62.2 cm³/mol. The van der Waals surface area contributed by atoms with Crippen LogP contribution >= 0.6 is 0 Å². The maximum absolute atomic E-state index is 10.7. The third-order valence-electron chi connectivity index (χ3n) is 2.80. The van der Waals surface area contributed by atoms with Crippen molar-refractivity contribution in [2.24, 2.45) is 0 Å². The van der Waals surface area contributed by atoms with Crippen LogP contribution in [0.4, 0.5) is 0 Å². The predicted octanol–water partition coefficient (Wildman–Crippen LogP) is 1.57. The molecule has 94 valence electrons. The zero-order valence-electron chi connectivity index (χ0n) is 9.70. The van der Waals surface area contributed by atoms with Crippen molar-refractivity contribution in [2.75, 3.05) is 6.61 Å². The standard InChI is InChI=1S/C13H13NO4/c14-7-9-1-3-10(4-2-9)17-8-11-5-6-12(18-11)13(15)16/h1-4,11-12H,5-6,8H2,(H,15,16). The first kappa shape index (κ1) is 12.4. The van der Waals surface area contributed by atoms with Gasteiger partial charge in [0.05, 0.1) is 17.7 Å². The van der Waals surface area contributed by atoms with E-state index in [-0.39, 0.29) is 6.10 Å². The van der Waals surface area contributed by atoms with Crippen LogP contribution < -0.4 is 4.74 Å². The van der Waals surface area contributed by atoms with Crippen LogP contribution in [0.5, 0.6) is 5.75 Å². The molecule has 18 heavy (non-hydrogen) atoms. The molecule has 1 aromatic rings. The second-order valence-corrected chi connectivity index (χ2v) is 4.11. The summed E-state index contributed by atoms with van der Waals surface area (Å²) in [5, 5.41) is 17.4. The molecule has 1 aromatic carbocycles. The van der Waals surface area contributed by atoms with Gasteiger partial charge in [0.2, 0.25) is 0 Å². The number of ether oxygens (including phenoxy) is 2. The highest BCUT2D eigenvalue weighted by molar-refractivity contribution is 5.72. The molecule has 0 bridgehead atoms. The minimum atomic E-state index is -0.920. The number of aliphatic carboxylic acids is 1. The molecule has 5 nitrogen and oxygen atoms in total. The van der Waals surface area contributed by atoms with Gasteiger partial charge in [-0.3, -0.25) is 0 Å². The van der Waals surface area contributed by atoms with Gasteiger partial charge in [0.25, 0.3) is 0 Å². The highest BCUT2D eigenvalue weighted by Gasteiger charge is 2.30. The molecule has 0 spiro atoms. The molecule has 0 aromatic heterocycles. The molecule has 0 saturated carbocycles. The van der Waals surface area contributed by atoms with Crippen molar-refractivity contribution in [3.8, 4) is 11.8 Å². The average molecular weight is 247 g/mol. The number of rotatable bonds is 4. The van der Waals surface area contributed by atoms with Crippen LogP contribution in [-0.2, 0) is 9.53 Å². The lowest BCUT2D eigenvalue weighted by molar-refractivity contribution is -0.149. The Labute approximate surface area is 105 Å². The number of hydrogen-bond donors (Lipinski definition) is 1. The van der Waals surface area contributed by atoms with Crippen molar-refractivity contribution in [2.45, 2.75) is 25.0 Å². The summed E-state index contributed by atoms with van der Waals surface area (Å²) in [6, 6.07) is 8.79. The summed E-state index contributed by atoms with van der Waals surface area (Å²) in [5.41, 5.74) is 0.574. The topological polar surface area (TPSA) is 79.5 Å². The number of carboxylic acids is 1. The van der Waals surface area contributed by atoms with Crippen molar-refractivity contribution < 1.29 is 19.4 Å². The monoisotopic (exact) mass is 247 g/mol. The number of benzene rings is 1. The van der Waals surface area contributed by atoms with Crippen LogP contribution in [0.1, 0.15) is 18.4 Å². The fourth-order valence-electron chi connectivity index (χ4n) is 1.82. The van der Waals surface area contributed by atoms with Crippen molar-refractivity contribution in [3.05, 3.63) is 29.8 Å². The van der Waals surface area contributed by atoms with Crippen molar-refractivity contribution >= 4 is 5.97 Å². The quantitative estimate of drug-likeness (QED) is 0.873. The Morgan fingerprint density at radius 2 is 2.17 bits per heavy atom. The zero-order chi connectivity index (χ0) is 13.0. The Morgan fingerprint density at radius 1 is 1.44 bits per heavy atom. The van der Waals surface area contributed by atoms with Gasteiger partial charge < -0.3 is 14.6 Å². The third kappa shape index (κ3) is 2.99. The lowest BCUT2D eigenvalue weighted by atomic mass is 10.2. The molecule has 0 amide bonds. The molecule has 5 heteroatoms. The van der Waals surface area contributed by atoms with Gasteiger partial charge in [0.1, 0.15) is 12.4 Å². The van der Waals surface area contributed by atoms with Crippen molar-refractivity contribution in [3.63, 3.8) is 0 Å². The normalized spacial score (nSPS) is 22.4. The Morgan fingerprint density at radius 3 is 2.72 bits per heavy atom. The summed E-state index contributed by atoms with van der Waals surface area (Å²) in [5.74, 6) is -0.271. The lowest BCUT2D eigenvalue weighted by Crippen LogP contribution is -2.23. The summed E-state index contributed by atoms with van der Waals surface area (Å²) >= 11 is 0. The van der Waals surface area contributed by atoms with Crippen LogP contribution in [-0.4, -0.2) is 29.9 Å². The van der Waals surface area contributed by atoms with E-state index in [1.165, 1.54) is 0 Å². The smallest absolute Gasteiger partial charge is 0.332 e. The zero-order valence-corrected chi connectivity index (χ0v) is 9.70. The Bertz CT molecular complexity index is 463. The second kappa shape index (κ2) is 5.52. The molecule has 1 heterocycles. The number of carboxylic acid groups (broad SMARTS) is 1. The summed E-state index contributed by atoms with van der Waals surface area (Å²) in [4.78, 5) is 10.7. The highest BCUT2D eigenvalue weighted by Crippen LogP contribution is 2.21. The van der Waals surface area contributed by atoms with Gasteiger partial charge in [0.15, 0.2) is 6.10 Å². The molecule has 0 aliphatic carbocycles. The lowest BCUT2D eigenvalue weighted by Gasteiger charge is -2.12. The van der Waals surface area contributed by atoms with Crippen LogP contribution in [0.3, 0.4) is 0 Å². The van der Waals surface area contributed by atoms with E-state index in [0.29, 0.717) is 30.8 Å². The van der Waals surface area contributed by atoms with E-state index in [2.05, 4.69) is 0 Å². The van der Waals surface area contributed by atoms with Gasteiger partial charge >= 0.3 is 5.97 Å². The van der Waals surface area contributed by atoms with E-state index >= 15 is 0 Å². The molecule has 0 radical (unpaired) electrons. The van der Waals surface area contributed by atoms with Crippen LogP contribution in [0, 0.1) is 11.3 Å².